The minimum atomic E-state index is 0.560. The van der Waals surface area contributed by atoms with Gasteiger partial charge < -0.3 is 4.90 Å². The van der Waals surface area contributed by atoms with Crippen LogP contribution in [0.25, 0.3) is 0 Å². The average molecular weight is 136 g/mol. The summed E-state index contributed by atoms with van der Waals surface area (Å²) >= 11 is 0. The zero-order chi connectivity index (χ0) is 7.40. The van der Waals surface area contributed by atoms with Gasteiger partial charge in [0.25, 0.3) is 0 Å². The number of rotatable bonds is 2. The molecule has 1 heterocycles. The largest absolute Gasteiger partial charge is 0.374 e. The molecule has 0 amide bonds. The first-order chi connectivity index (χ1) is 4.83. The third-order valence-electron chi connectivity index (χ3n) is 1.64. The fourth-order valence-corrected chi connectivity index (χ4v) is 1.17. The van der Waals surface area contributed by atoms with Gasteiger partial charge in [-0.3, -0.25) is 0 Å². The molecule has 1 rings (SSSR count). The lowest BCUT2D eigenvalue weighted by molar-refractivity contribution is 0.344. The Hall–Kier alpha value is -0.720. The minimum Gasteiger partial charge on any atom is -0.374 e. The van der Waals surface area contributed by atoms with Gasteiger partial charge in [0.1, 0.15) is 0 Å². The zero-order valence-corrected chi connectivity index (χ0v) is 6.29. The Morgan fingerprint density at radius 1 is 1.70 bits per heavy atom. The molecule has 1 nitrogen and oxygen atoms in total. The van der Waals surface area contributed by atoms with Crippen molar-refractivity contribution >= 4 is 0 Å². The summed E-state index contributed by atoms with van der Waals surface area (Å²) in [4.78, 5) is 2.23. The molecule has 0 bridgehead atoms. The summed E-state index contributed by atoms with van der Waals surface area (Å²) in [6, 6.07) is 0. The van der Waals surface area contributed by atoms with E-state index in [4.69, 9.17) is 0 Å². The second-order valence-corrected chi connectivity index (χ2v) is 2.73. The van der Waals surface area contributed by atoms with Crippen molar-refractivity contribution in [3.63, 3.8) is 0 Å². The predicted octanol–water partition coefficient (Wildman–Crippen LogP) is 1.84. The van der Waals surface area contributed by atoms with Crippen LogP contribution in [0.3, 0.4) is 0 Å². The quantitative estimate of drug-likeness (QED) is 0.523. The van der Waals surface area contributed by atoms with Crippen LogP contribution in [0, 0.1) is 12.8 Å². The van der Waals surface area contributed by atoms with Gasteiger partial charge in [0.15, 0.2) is 0 Å². The van der Waals surface area contributed by atoms with E-state index in [1.54, 1.807) is 0 Å². The van der Waals surface area contributed by atoms with Crippen molar-refractivity contribution < 1.29 is 0 Å². The lowest BCUT2D eigenvalue weighted by Gasteiger charge is -2.25. The van der Waals surface area contributed by atoms with Gasteiger partial charge in [-0.25, -0.2) is 0 Å². The van der Waals surface area contributed by atoms with E-state index in [9.17, 15) is 0 Å². The van der Waals surface area contributed by atoms with Gasteiger partial charge in [0.2, 0.25) is 0 Å². The van der Waals surface area contributed by atoms with Crippen molar-refractivity contribution in [2.45, 2.75) is 6.42 Å². The van der Waals surface area contributed by atoms with Crippen LogP contribution in [0.5, 0.6) is 0 Å². The topological polar surface area (TPSA) is 3.24 Å². The maximum atomic E-state index is 4.00. The Bertz CT molecular complexity index is 138. The summed E-state index contributed by atoms with van der Waals surface area (Å²) in [5.41, 5.74) is 0. The Morgan fingerprint density at radius 3 is 3.10 bits per heavy atom. The molecular weight excluding hydrogens is 122 g/mol. The molecule has 1 unspecified atom stereocenters. The minimum absolute atomic E-state index is 0.560. The predicted molar refractivity (Wildman–Crippen MR) is 44.4 cm³/mol. The van der Waals surface area contributed by atoms with Gasteiger partial charge in [0, 0.05) is 13.1 Å². The average Bonchev–Trinajstić information content (AvgIpc) is 1.88. The standard InChI is InChI=1S/C9H14N/c1-3-6-10-7-4-5-9(2)8-10/h3-4,7,9H,1-2,5-6,8H2. The van der Waals surface area contributed by atoms with Gasteiger partial charge >= 0.3 is 0 Å². The van der Waals surface area contributed by atoms with Crippen molar-refractivity contribution in [1.82, 2.24) is 4.90 Å². The first-order valence-electron chi connectivity index (χ1n) is 3.67. The van der Waals surface area contributed by atoms with Crippen molar-refractivity contribution in [3.05, 3.63) is 31.9 Å². The lowest BCUT2D eigenvalue weighted by atomic mass is 10.1. The Kier molecular flexibility index (Phi) is 2.55. The van der Waals surface area contributed by atoms with Crippen molar-refractivity contribution in [3.8, 4) is 0 Å². The van der Waals surface area contributed by atoms with Gasteiger partial charge in [-0.2, -0.15) is 0 Å². The molecule has 0 saturated heterocycles. The van der Waals surface area contributed by atoms with Crippen LogP contribution in [0.2, 0.25) is 0 Å². The Morgan fingerprint density at radius 2 is 2.50 bits per heavy atom. The normalized spacial score (nSPS) is 24.9. The molecule has 1 atom stereocenters. The molecule has 55 valence electrons. The molecule has 0 saturated carbocycles. The second kappa shape index (κ2) is 3.45. The van der Waals surface area contributed by atoms with Crippen LogP contribution in [0.15, 0.2) is 24.9 Å². The highest BCUT2D eigenvalue weighted by Gasteiger charge is 2.08. The number of hydrogen-bond donors (Lipinski definition) is 0. The summed E-state index contributed by atoms with van der Waals surface area (Å²) in [5.74, 6) is 0.560. The smallest absolute Gasteiger partial charge is 0.0351 e. The van der Waals surface area contributed by atoms with Gasteiger partial charge in [-0.05, 0) is 25.5 Å². The number of nitrogens with zero attached hydrogens (tertiary/aromatic N) is 1. The molecule has 0 N–H and O–H groups in total. The maximum absolute atomic E-state index is 4.00. The number of hydrogen-bond acceptors (Lipinski definition) is 1. The molecule has 1 heteroatoms. The molecule has 0 aliphatic carbocycles. The van der Waals surface area contributed by atoms with Crippen LogP contribution >= 0.6 is 0 Å². The zero-order valence-electron chi connectivity index (χ0n) is 6.29. The van der Waals surface area contributed by atoms with E-state index in [1.807, 2.05) is 6.08 Å². The maximum Gasteiger partial charge on any atom is 0.0351 e. The van der Waals surface area contributed by atoms with Crippen LogP contribution in [-0.4, -0.2) is 18.0 Å². The molecule has 0 spiro atoms. The first kappa shape index (κ1) is 7.39. The SMILES string of the molecule is [CH2]C1CC=CN(CC=C)C1. The van der Waals surface area contributed by atoms with Crippen LogP contribution in [0.4, 0.5) is 0 Å². The Labute approximate surface area is 63.0 Å². The van der Waals surface area contributed by atoms with E-state index >= 15 is 0 Å². The molecule has 1 radical (unpaired) electrons. The molecular formula is C9H14N. The fourth-order valence-electron chi connectivity index (χ4n) is 1.17. The molecule has 0 aromatic carbocycles. The molecule has 0 aromatic rings. The third kappa shape index (κ3) is 1.90. The highest BCUT2D eigenvalue weighted by atomic mass is 15.1. The molecule has 0 aromatic heterocycles. The van der Waals surface area contributed by atoms with E-state index in [0.29, 0.717) is 5.92 Å². The molecule has 10 heavy (non-hydrogen) atoms. The van der Waals surface area contributed by atoms with Crippen molar-refractivity contribution in [1.29, 1.82) is 0 Å². The van der Waals surface area contributed by atoms with Gasteiger partial charge in [-0.15, -0.1) is 6.58 Å². The van der Waals surface area contributed by atoms with E-state index in [-0.39, 0.29) is 0 Å². The van der Waals surface area contributed by atoms with Gasteiger partial charge in [0.05, 0.1) is 0 Å². The second-order valence-electron chi connectivity index (χ2n) is 2.73. The summed E-state index contributed by atoms with van der Waals surface area (Å²) in [5, 5.41) is 0. The van der Waals surface area contributed by atoms with Crippen molar-refractivity contribution in [2.75, 3.05) is 13.1 Å². The number of allylic oxidation sites excluding steroid dienone is 1. The summed E-state index contributed by atoms with van der Waals surface area (Å²) in [7, 11) is 0. The van der Waals surface area contributed by atoms with E-state index < -0.39 is 0 Å². The molecule has 0 fully saturated rings. The van der Waals surface area contributed by atoms with E-state index in [0.717, 1.165) is 19.5 Å². The van der Waals surface area contributed by atoms with Gasteiger partial charge in [-0.1, -0.05) is 12.2 Å². The fraction of sp³-hybridized carbons (Fsp3) is 0.444. The first-order valence-corrected chi connectivity index (χ1v) is 3.67. The van der Waals surface area contributed by atoms with Crippen LogP contribution < -0.4 is 0 Å². The summed E-state index contributed by atoms with van der Waals surface area (Å²) in [6.45, 7) is 9.71. The molecule has 1 aliphatic heterocycles. The van der Waals surface area contributed by atoms with E-state index in [1.165, 1.54) is 0 Å². The highest BCUT2D eigenvalue weighted by Crippen LogP contribution is 2.11. The van der Waals surface area contributed by atoms with Crippen LogP contribution in [-0.2, 0) is 0 Å². The summed E-state index contributed by atoms with van der Waals surface area (Å²) < 4.78 is 0. The highest BCUT2D eigenvalue weighted by molar-refractivity contribution is 4.94. The van der Waals surface area contributed by atoms with E-state index in [2.05, 4.69) is 30.7 Å². The molecule has 1 aliphatic rings. The Balaban J connectivity index is 2.38. The van der Waals surface area contributed by atoms with Crippen molar-refractivity contribution in [2.24, 2.45) is 5.92 Å². The third-order valence-corrected chi connectivity index (χ3v) is 1.64. The lowest BCUT2D eigenvalue weighted by Crippen LogP contribution is -2.26. The van der Waals surface area contributed by atoms with Crippen LogP contribution in [0.1, 0.15) is 6.42 Å². The summed E-state index contributed by atoms with van der Waals surface area (Å²) in [6.07, 6.45) is 7.34. The monoisotopic (exact) mass is 136 g/mol.